The second-order valence-electron chi connectivity index (χ2n) is 10.8. The highest BCUT2D eigenvalue weighted by molar-refractivity contribution is 6.33. The number of hydrogen-bond acceptors (Lipinski definition) is 8. The van der Waals surface area contributed by atoms with Crippen LogP contribution in [0.15, 0.2) is 30.5 Å². The Hall–Kier alpha value is -2.44. The predicted molar refractivity (Wildman–Crippen MR) is 143 cm³/mol. The fourth-order valence-electron chi connectivity index (χ4n) is 5.08. The van der Waals surface area contributed by atoms with E-state index in [2.05, 4.69) is 27.0 Å². The van der Waals surface area contributed by atoms with Gasteiger partial charge in [-0.2, -0.15) is 5.26 Å². The molecule has 0 atom stereocenters. The number of nitrogens with zero attached hydrogens (tertiary/aromatic N) is 3. The van der Waals surface area contributed by atoms with Gasteiger partial charge in [0.25, 0.3) is 0 Å². The van der Waals surface area contributed by atoms with Crippen molar-refractivity contribution in [2.75, 3.05) is 36.9 Å². The van der Waals surface area contributed by atoms with Gasteiger partial charge < -0.3 is 26.4 Å². The molecule has 0 aromatic carbocycles. The molecule has 192 valence electrons. The standard InChI is InChI=1S/C27H36ClN7O/c28-22-15-31-25(34-20-6-4-19(5-7-20)32-18-27(30)8-9-27)14-21(22)23-2-1-3-24(35-23)33-17-26(16-29)10-12-36-13-11-26/h1-3,14-15,19-20,32H,4-13,17-18,30H2,(H,31,34)(H,33,35). The van der Waals surface area contributed by atoms with E-state index in [9.17, 15) is 5.26 Å². The van der Waals surface area contributed by atoms with Gasteiger partial charge in [-0.3, -0.25) is 0 Å². The number of ether oxygens (including phenoxy) is 1. The lowest BCUT2D eigenvalue weighted by Gasteiger charge is -2.31. The molecule has 2 saturated carbocycles. The Morgan fingerprint density at radius 2 is 1.81 bits per heavy atom. The second-order valence-corrected chi connectivity index (χ2v) is 11.2. The van der Waals surface area contributed by atoms with E-state index in [4.69, 9.17) is 27.1 Å². The first-order chi connectivity index (χ1) is 17.5. The molecule has 0 spiro atoms. The quantitative estimate of drug-likeness (QED) is 0.394. The third kappa shape index (κ3) is 6.27. The summed E-state index contributed by atoms with van der Waals surface area (Å²) in [6.07, 6.45) is 9.91. The van der Waals surface area contributed by atoms with Gasteiger partial charge in [-0.25, -0.2) is 9.97 Å². The lowest BCUT2D eigenvalue weighted by atomic mass is 9.82. The summed E-state index contributed by atoms with van der Waals surface area (Å²) >= 11 is 6.54. The molecule has 0 unspecified atom stereocenters. The number of pyridine rings is 2. The predicted octanol–water partition coefficient (Wildman–Crippen LogP) is 4.33. The van der Waals surface area contributed by atoms with Crippen molar-refractivity contribution in [1.82, 2.24) is 15.3 Å². The highest BCUT2D eigenvalue weighted by Crippen LogP contribution is 2.33. The normalized spacial score (nSPS) is 24.5. The fourth-order valence-corrected chi connectivity index (χ4v) is 5.28. The number of rotatable bonds is 9. The zero-order valence-electron chi connectivity index (χ0n) is 20.7. The summed E-state index contributed by atoms with van der Waals surface area (Å²) in [5.74, 6) is 1.54. The van der Waals surface area contributed by atoms with Gasteiger partial charge in [0.2, 0.25) is 0 Å². The SMILES string of the molecule is N#CC1(CNc2cccc(-c3cc(NC4CCC(NCC5(N)CC5)CC4)ncc3Cl)n2)CCOCC1. The third-order valence-corrected chi connectivity index (χ3v) is 8.19. The molecule has 8 nitrogen and oxygen atoms in total. The van der Waals surface area contributed by atoms with Crippen molar-refractivity contribution in [3.8, 4) is 17.3 Å². The van der Waals surface area contributed by atoms with Crippen LogP contribution < -0.4 is 21.7 Å². The van der Waals surface area contributed by atoms with Crippen LogP contribution in [0.3, 0.4) is 0 Å². The van der Waals surface area contributed by atoms with Crippen molar-refractivity contribution in [2.24, 2.45) is 11.1 Å². The van der Waals surface area contributed by atoms with Gasteiger partial charge in [-0.15, -0.1) is 0 Å². The maximum atomic E-state index is 9.72. The van der Waals surface area contributed by atoms with Crippen molar-refractivity contribution in [3.63, 3.8) is 0 Å². The molecule has 1 aliphatic heterocycles. The molecular formula is C27H36ClN7O. The summed E-state index contributed by atoms with van der Waals surface area (Å²) in [6, 6.07) is 11.2. The minimum atomic E-state index is -0.417. The Labute approximate surface area is 218 Å². The third-order valence-electron chi connectivity index (χ3n) is 7.89. The zero-order valence-corrected chi connectivity index (χ0v) is 21.5. The van der Waals surface area contributed by atoms with E-state index in [1.54, 1.807) is 6.20 Å². The van der Waals surface area contributed by atoms with Crippen LogP contribution in [0.4, 0.5) is 11.6 Å². The van der Waals surface area contributed by atoms with Crippen LogP contribution in [-0.4, -0.2) is 53.9 Å². The van der Waals surface area contributed by atoms with E-state index in [1.165, 1.54) is 0 Å². The smallest absolute Gasteiger partial charge is 0.126 e. The molecule has 1 saturated heterocycles. The van der Waals surface area contributed by atoms with Crippen LogP contribution >= 0.6 is 11.6 Å². The molecule has 0 amide bonds. The summed E-state index contributed by atoms with van der Waals surface area (Å²) < 4.78 is 5.44. The first-order valence-electron chi connectivity index (χ1n) is 13.1. The Balaban J connectivity index is 1.19. The van der Waals surface area contributed by atoms with Gasteiger partial charge >= 0.3 is 0 Å². The summed E-state index contributed by atoms with van der Waals surface area (Å²) in [4.78, 5) is 9.31. The Morgan fingerprint density at radius 3 is 2.53 bits per heavy atom. The van der Waals surface area contributed by atoms with Crippen molar-refractivity contribution in [1.29, 1.82) is 5.26 Å². The molecule has 3 fully saturated rings. The Kier molecular flexibility index (Phi) is 7.63. The highest BCUT2D eigenvalue weighted by atomic mass is 35.5. The molecule has 2 aliphatic carbocycles. The minimum Gasteiger partial charge on any atom is -0.381 e. The second kappa shape index (κ2) is 10.9. The number of nitriles is 1. The molecule has 36 heavy (non-hydrogen) atoms. The number of halogens is 1. The molecule has 3 heterocycles. The minimum absolute atomic E-state index is 0.0571. The average Bonchev–Trinajstić information content (AvgIpc) is 3.66. The molecule has 2 aromatic heterocycles. The summed E-state index contributed by atoms with van der Waals surface area (Å²) in [5.41, 5.74) is 7.47. The number of nitrogens with two attached hydrogens (primary N) is 1. The molecule has 3 aliphatic rings. The lowest BCUT2D eigenvalue weighted by Crippen LogP contribution is -2.43. The number of aromatic nitrogens is 2. The zero-order chi connectivity index (χ0) is 25.0. The van der Waals surface area contributed by atoms with Crippen LogP contribution in [-0.2, 0) is 4.74 Å². The maximum absolute atomic E-state index is 9.72. The molecular weight excluding hydrogens is 474 g/mol. The van der Waals surface area contributed by atoms with Gasteiger partial charge in [0, 0.05) is 55.7 Å². The largest absolute Gasteiger partial charge is 0.381 e. The van der Waals surface area contributed by atoms with Gasteiger partial charge in [-0.1, -0.05) is 17.7 Å². The monoisotopic (exact) mass is 509 g/mol. The fraction of sp³-hybridized carbons (Fsp3) is 0.593. The van der Waals surface area contributed by atoms with Crippen LogP contribution in [0.2, 0.25) is 5.02 Å². The molecule has 0 bridgehead atoms. The van der Waals surface area contributed by atoms with Gasteiger partial charge in [0.05, 0.1) is 22.2 Å². The highest BCUT2D eigenvalue weighted by Gasteiger charge is 2.38. The van der Waals surface area contributed by atoms with E-state index in [0.29, 0.717) is 36.9 Å². The van der Waals surface area contributed by atoms with Crippen LogP contribution in [0, 0.1) is 16.7 Å². The average molecular weight is 510 g/mol. The van der Waals surface area contributed by atoms with Crippen molar-refractivity contribution in [2.45, 2.75) is 69.0 Å². The number of anilines is 2. The topological polar surface area (TPSA) is 121 Å². The number of hydrogen-bond donors (Lipinski definition) is 4. The van der Waals surface area contributed by atoms with E-state index in [1.807, 2.05) is 24.3 Å². The molecule has 0 radical (unpaired) electrons. The van der Waals surface area contributed by atoms with Crippen molar-refractivity contribution >= 4 is 23.2 Å². The Bertz CT molecular complexity index is 1090. The summed E-state index contributed by atoms with van der Waals surface area (Å²) in [7, 11) is 0. The maximum Gasteiger partial charge on any atom is 0.126 e. The molecule has 5 N–H and O–H groups in total. The van der Waals surface area contributed by atoms with Crippen molar-refractivity contribution < 1.29 is 4.74 Å². The molecule has 9 heteroatoms. The van der Waals surface area contributed by atoms with E-state index < -0.39 is 5.41 Å². The first kappa shape index (κ1) is 25.2. The van der Waals surface area contributed by atoms with E-state index in [-0.39, 0.29) is 5.54 Å². The van der Waals surface area contributed by atoms with Crippen LogP contribution in [0.1, 0.15) is 51.4 Å². The molecule has 5 rings (SSSR count). The van der Waals surface area contributed by atoms with Crippen molar-refractivity contribution in [3.05, 3.63) is 35.5 Å². The number of nitrogens with one attached hydrogen (secondary N) is 3. The van der Waals surface area contributed by atoms with Gasteiger partial charge in [0.1, 0.15) is 11.6 Å². The van der Waals surface area contributed by atoms with E-state index in [0.717, 1.165) is 80.8 Å². The summed E-state index contributed by atoms with van der Waals surface area (Å²) in [6.45, 7) is 2.73. The van der Waals surface area contributed by atoms with Crippen LogP contribution in [0.25, 0.3) is 11.3 Å². The first-order valence-corrected chi connectivity index (χ1v) is 13.5. The van der Waals surface area contributed by atoms with Gasteiger partial charge in [0.15, 0.2) is 0 Å². The lowest BCUT2D eigenvalue weighted by molar-refractivity contribution is 0.0455. The molecule has 2 aromatic rings. The van der Waals surface area contributed by atoms with E-state index >= 15 is 0 Å². The Morgan fingerprint density at radius 1 is 1.06 bits per heavy atom. The summed E-state index contributed by atoms with van der Waals surface area (Å²) in [5, 5.41) is 20.9. The van der Waals surface area contributed by atoms with Gasteiger partial charge in [-0.05, 0) is 69.6 Å². The van der Waals surface area contributed by atoms with Crippen LogP contribution in [0.5, 0.6) is 0 Å².